The average molecular weight is 273 g/mol. The quantitative estimate of drug-likeness (QED) is 0.803. The van der Waals surface area contributed by atoms with Gasteiger partial charge >= 0.3 is 0 Å². The molecular weight excluding hydrogens is 242 g/mol. The molecule has 0 saturated heterocycles. The summed E-state index contributed by atoms with van der Waals surface area (Å²) in [5.74, 6) is 0.804. The molecule has 0 saturated carbocycles. The van der Waals surface area contributed by atoms with Gasteiger partial charge in [-0.2, -0.15) is 0 Å². The van der Waals surface area contributed by atoms with Crippen molar-refractivity contribution in [3.63, 3.8) is 0 Å². The minimum absolute atomic E-state index is 0.250. The van der Waals surface area contributed by atoms with E-state index in [9.17, 15) is 0 Å². The first-order chi connectivity index (χ1) is 9.44. The largest absolute Gasteiger partial charge is 0.312 e. The Hall–Kier alpha value is -0.820. The Bertz CT molecular complexity index is 428. The maximum atomic E-state index is 3.58. The molecule has 1 aromatic rings. The fourth-order valence-electron chi connectivity index (χ4n) is 3.03. The first-order valence-electron chi connectivity index (χ1n) is 8.30. The van der Waals surface area contributed by atoms with Crippen LogP contribution in [0.1, 0.15) is 63.6 Å². The third-order valence-electron chi connectivity index (χ3n) is 4.38. The molecule has 2 rings (SSSR count). The molecule has 1 nitrogen and oxygen atoms in total. The molecule has 1 unspecified atom stereocenters. The lowest BCUT2D eigenvalue weighted by molar-refractivity contribution is 0.386. The molecule has 1 aliphatic carbocycles. The molecule has 0 fully saturated rings. The van der Waals surface area contributed by atoms with Crippen molar-refractivity contribution in [1.82, 2.24) is 5.32 Å². The lowest BCUT2D eigenvalue weighted by Gasteiger charge is -2.22. The van der Waals surface area contributed by atoms with E-state index in [2.05, 4.69) is 51.2 Å². The first-order valence-corrected chi connectivity index (χ1v) is 8.30. The normalized spacial score (nSPS) is 16.2. The summed E-state index contributed by atoms with van der Waals surface area (Å²) < 4.78 is 0. The van der Waals surface area contributed by atoms with Gasteiger partial charge in [-0.25, -0.2) is 0 Å². The molecule has 1 atom stereocenters. The minimum atomic E-state index is 0.250. The Morgan fingerprint density at radius 2 is 1.85 bits per heavy atom. The Balaban J connectivity index is 1.72. The van der Waals surface area contributed by atoms with Crippen molar-refractivity contribution < 1.29 is 0 Å². The number of nitrogens with one attached hydrogen (secondary N) is 1. The predicted molar refractivity (Wildman–Crippen MR) is 88.3 cm³/mol. The highest BCUT2D eigenvalue weighted by Gasteiger charge is 2.12. The zero-order valence-electron chi connectivity index (χ0n) is 13.8. The fraction of sp³-hybridized carbons (Fsp3) is 0.684. The maximum absolute atomic E-state index is 3.58. The molecule has 20 heavy (non-hydrogen) atoms. The Morgan fingerprint density at radius 1 is 1.10 bits per heavy atom. The summed E-state index contributed by atoms with van der Waals surface area (Å²) in [4.78, 5) is 0. The molecule has 1 heteroatoms. The molecule has 0 heterocycles. The monoisotopic (exact) mass is 273 g/mol. The van der Waals surface area contributed by atoms with Gasteiger partial charge < -0.3 is 5.32 Å². The van der Waals surface area contributed by atoms with E-state index in [1.54, 1.807) is 16.7 Å². The smallest absolute Gasteiger partial charge is 0.00965 e. The molecule has 0 spiro atoms. The van der Waals surface area contributed by atoms with Gasteiger partial charge in [-0.15, -0.1) is 0 Å². The molecule has 0 amide bonds. The van der Waals surface area contributed by atoms with Crippen LogP contribution in [-0.2, 0) is 19.3 Å². The van der Waals surface area contributed by atoms with E-state index in [1.165, 1.54) is 38.5 Å². The van der Waals surface area contributed by atoms with E-state index >= 15 is 0 Å². The van der Waals surface area contributed by atoms with Crippen LogP contribution in [0.4, 0.5) is 0 Å². The van der Waals surface area contributed by atoms with Gasteiger partial charge in [0.1, 0.15) is 0 Å². The van der Waals surface area contributed by atoms with Crippen LogP contribution in [0.2, 0.25) is 0 Å². The molecule has 1 aromatic carbocycles. The van der Waals surface area contributed by atoms with Crippen LogP contribution in [0.15, 0.2) is 18.2 Å². The number of benzene rings is 1. The topological polar surface area (TPSA) is 12.0 Å². The summed E-state index contributed by atoms with van der Waals surface area (Å²) in [5, 5.41) is 3.58. The minimum Gasteiger partial charge on any atom is -0.312 e. The maximum Gasteiger partial charge on any atom is 0.00965 e. The van der Waals surface area contributed by atoms with Crippen LogP contribution in [0.3, 0.4) is 0 Å². The van der Waals surface area contributed by atoms with Crippen molar-refractivity contribution in [2.24, 2.45) is 5.92 Å². The van der Waals surface area contributed by atoms with Crippen molar-refractivity contribution in [3.05, 3.63) is 34.9 Å². The van der Waals surface area contributed by atoms with Crippen molar-refractivity contribution >= 4 is 0 Å². The molecule has 112 valence electrons. The predicted octanol–water partition coefficient (Wildman–Crippen LogP) is 4.52. The second-order valence-corrected chi connectivity index (χ2v) is 7.57. The van der Waals surface area contributed by atoms with Gasteiger partial charge in [0.05, 0.1) is 0 Å². The van der Waals surface area contributed by atoms with Crippen LogP contribution in [0, 0.1) is 5.92 Å². The number of hydrogen-bond donors (Lipinski definition) is 1. The molecule has 1 aliphatic rings. The average Bonchev–Trinajstić information content (AvgIpc) is 2.82. The Labute approximate surface area is 125 Å². The molecule has 0 aromatic heterocycles. The van der Waals surface area contributed by atoms with Crippen molar-refractivity contribution in [1.29, 1.82) is 0 Å². The van der Waals surface area contributed by atoms with Crippen LogP contribution in [0.25, 0.3) is 0 Å². The van der Waals surface area contributed by atoms with Crippen LogP contribution in [-0.4, -0.2) is 12.1 Å². The van der Waals surface area contributed by atoms with Gasteiger partial charge in [0.15, 0.2) is 0 Å². The third kappa shape index (κ3) is 4.94. The number of aryl methyl sites for hydroxylation is 3. The Morgan fingerprint density at radius 3 is 2.60 bits per heavy atom. The van der Waals surface area contributed by atoms with Gasteiger partial charge in [-0.05, 0) is 88.4 Å². The van der Waals surface area contributed by atoms with Crippen molar-refractivity contribution in [3.8, 4) is 0 Å². The zero-order chi connectivity index (χ0) is 14.6. The van der Waals surface area contributed by atoms with E-state index in [1.807, 2.05) is 0 Å². The SMILES string of the molecule is CC(CCNC(C)(C)C)CCc1ccc2c(c1)CCC2. The second-order valence-electron chi connectivity index (χ2n) is 7.57. The number of hydrogen-bond acceptors (Lipinski definition) is 1. The first kappa shape index (κ1) is 15.6. The van der Waals surface area contributed by atoms with E-state index in [-0.39, 0.29) is 5.54 Å². The molecule has 0 bridgehead atoms. The van der Waals surface area contributed by atoms with Gasteiger partial charge in [0.25, 0.3) is 0 Å². The van der Waals surface area contributed by atoms with Gasteiger partial charge in [0, 0.05) is 5.54 Å². The summed E-state index contributed by atoms with van der Waals surface area (Å²) in [6, 6.07) is 7.18. The van der Waals surface area contributed by atoms with Crippen molar-refractivity contribution in [2.45, 2.75) is 71.8 Å². The fourth-order valence-corrected chi connectivity index (χ4v) is 3.03. The van der Waals surface area contributed by atoms with Gasteiger partial charge in [-0.1, -0.05) is 25.1 Å². The van der Waals surface area contributed by atoms with Crippen molar-refractivity contribution in [2.75, 3.05) is 6.54 Å². The highest BCUT2D eigenvalue weighted by molar-refractivity contribution is 5.35. The molecule has 0 radical (unpaired) electrons. The summed E-state index contributed by atoms with van der Waals surface area (Å²) in [6.07, 6.45) is 7.78. The number of fused-ring (bicyclic) bond motifs is 1. The molecule has 0 aliphatic heterocycles. The van der Waals surface area contributed by atoms with Crippen LogP contribution < -0.4 is 5.32 Å². The highest BCUT2D eigenvalue weighted by atomic mass is 14.9. The van der Waals surface area contributed by atoms with Gasteiger partial charge in [0.2, 0.25) is 0 Å². The summed E-state index contributed by atoms with van der Waals surface area (Å²) in [6.45, 7) is 10.2. The summed E-state index contributed by atoms with van der Waals surface area (Å²) in [5.41, 5.74) is 5.00. The summed E-state index contributed by atoms with van der Waals surface area (Å²) >= 11 is 0. The third-order valence-corrected chi connectivity index (χ3v) is 4.38. The second kappa shape index (κ2) is 6.76. The Kier molecular flexibility index (Phi) is 5.26. The summed E-state index contributed by atoms with van der Waals surface area (Å²) in [7, 11) is 0. The van der Waals surface area contributed by atoms with E-state index < -0.39 is 0 Å². The number of rotatable bonds is 6. The van der Waals surface area contributed by atoms with Crippen LogP contribution >= 0.6 is 0 Å². The van der Waals surface area contributed by atoms with E-state index in [0.29, 0.717) is 0 Å². The molecule has 1 N–H and O–H groups in total. The zero-order valence-corrected chi connectivity index (χ0v) is 13.8. The molecular formula is C19H31N. The lowest BCUT2D eigenvalue weighted by atomic mass is 9.96. The van der Waals surface area contributed by atoms with Gasteiger partial charge in [-0.3, -0.25) is 0 Å². The van der Waals surface area contributed by atoms with E-state index in [0.717, 1.165) is 12.5 Å². The lowest BCUT2D eigenvalue weighted by Crippen LogP contribution is -2.36. The van der Waals surface area contributed by atoms with E-state index in [4.69, 9.17) is 0 Å². The standard InChI is InChI=1S/C19H31N/c1-15(12-13-20-19(2,3)4)8-9-16-10-11-17-6-5-7-18(17)14-16/h10-11,14-15,20H,5-9,12-13H2,1-4H3. The highest BCUT2D eigenvalue weighted by Crippen LogP contribution is 2.24. The van der Waals surface area contributed by atoms with Crippen LogP contribution in [0.5, 0.6) is 0 Å².